The van der Waals surface area contributed by atoms with Gasteiger partial charge in [0.05, 0.1) is 18.2 Å². The first-order valence-electron chi connectivity index (χ1n) is 6.23. The Morgan fingerprint density at radius 1 is 1.44 bits per heavy atom. The van der Waals surface area contributed by atoms with Gasteiger partial charge in [0.2, 0.25) is 0 Å². The van der Waals surface area contributed by atoms with Crippen molar-refractivity contribution in [3.8, 4) is 6.07 Å². The molecule has 1 rings (SSSR count). The molecule has 1 unspecified atom stereocenters. The highest BCUT2D eigenvalue weighted by Crippen LogP contribution is 2.19. The quantitative estimate of drug-likeness (QED) is 0.838. The molecule has 0 fully saturated rings. The van der Waals surface area contributed by atoms with Crippen molar-refractivity contribution in [3.05, 3.63) is 22.9 Å². The lowest BCUT2D eigenvalue weighted by Crippen LogP contribution is -2.26. The molecule has 0 saturated heterocycles. The molecule has 4 heteroatoms. The molecule has 0 aliphatic carbocycles. The summed E-state index contributed by atoms with van der Waals surface area (Å²) in [5.74, 6) is 1.06. The van der Waals surface area contributed by atoms with E-state index in [0.29, 0.717) is 17.3 Å². The molecule has 1 aromatic heterocycles. The van der Waals surface area contributed by atoms with Crippen molar-refractivity contribution in [2.45, 2.75) is 40.2 Å². The van der Waals surface area contributed by atoms with E-state index in [2.05, 4.69) is 30.2 Å². The van der Waals surface area contributed by atoms with Gasteiger partial charge in [-0.05, 0) is 37.8 Å². The molecule has 2 N–H and O–H groups in total. The van der Waals surface area contributed by atoms with E-state index in [0.717, 1.165) is 17.7 Å². The van der Waals surface area contributed by atoms with Gasteiger partial charge < -0.3 is 10.4 Å². The van der Waals surface area contributed by atoms with Crippen LogP contribution in [0.5, 0.6) is 0 Å². The smallest absolute Gasteiger partial charge is 0.144 e. The van der Waals surface area contributed by atoms with Crippen LogP contribution < -0.4 is 5.32 Å². The molecule has 0 aromatic carbocycles. The van der Waals surface area contributed by atoms with Gasteiger partial charge in [-0.3, -0.25) is 0 Å². The lowest BCUT2D eigenvalue weighted by molar-refractivity contribution is 0.259. The van der Waals surface area contributed by atoms with Crippen molar-refractivity contribution < 1.29 is 5.11 Å². The third kappa shape index (κ3) is 3.71. The van der Waals surface area contributed by atoms with Gasteiger partial charge in [-0.15, -0.1) is 0 Å². The van der Waals surface area contributed by atoms with E-state index in [9.17, 15) is 5.11 Å². The SMILES string of the molecule is Cc1cc(C)c(C#N)c(NC(CO)CC(C)C)n1. The summed E-state index contributed by atoms with van der Waals surface area (Å²) in [6.45, 7) is 8.04. The first-order chi connectivity index (χ1) is 8.47. The average Bonchev–Trinajstić information content (AvgIpc) is 2.27. The number of anilines is 1. The van der Waals surface area contributed by atoms with Gasteiger partial charge in [0.25, 0.3) is 0 Å². The number of nitriles is 1. The molecule has 0 saturated carbocycles. The van der Waals surface area contributed by atoms with Gasteiger partial charge in [-0.1, -0.05) is 13.8 Å². The maximum absolute atomic E-state index is 9.37. The van der Waals surface area contributed by atoms with Gasteiger partial charge in [-0.25, -0.2) is 4.98 Å². The highest BCUT2D eigenvalue weighted by atomic mass is 16.3. The van der Waals surface area contributed by atoms with Crippen LogP contribution in [0.25, 0.3) is 0 Å². The van der Waals surface area contributed by atoms with E-state index < -0.39 is 0 Å². The van der Waals surface area contributed by atoms with E-state index >= 15 is 0 Å². The van der Waals surface area contributed by atoms with Crippen LogP contribution in [0.3, 0.4) is 0 Å². The molecule has 0 amide bonds. The third-order valence-corrected chi connectivity index (χ3v) is 2.77. The highest BCUT2D eigenvalue weighted by molar-refractivity contribution is 5.56. The molecule has 0 aliphatic rings. The molecule has 4 nitrogen and oxygen atoms in total. The number of aliphatic hydroxyl groups is 1. The van der Waals surface area contributed by atoms with Gasteiger partial charge in [0.1, 0.15) is 11.9 Å². The predicted molar refractivity (Wildman–Crippen MR) is 72.4 cm³/mol. The number of rotatable bonds is 5. The van der Waals surface area contributed by atoms with Crippen LogP contribution in [0.4, 0.5) is 5.82 Å². The zero-order valence-corrected chi connectivity index (χ0v) is 11.5. The summed E-state index contributed by atoms with van der Waals surface area (Å²) >= 11 is 0. The average molecular weight is 247 g/mol. The summed E-state index contributed by atoms with van der Waals surface area (Å²) in [5.41, 5.74) is 2.34. The van der Waals surface area contributed by atoms with Crippen molar-refractivity contribution in [2.24, 2.45) is 5.92 Å². The largest absolute Gasteiger partial charge is 0.394 e. The van der Waals surface area contributed by atoms with Crippen LogP contribution >= 0.6 is 0 Å². The fourth-order valence-corrected chi connectivity index (χ4v) is 2.02. The van der Waals surface area contributed by atoms with E-state index in [-0.39, 0.29) is 12.6 Å². The summed E-state index contributed by atoms with van der Waals surface area (Å²) in [6.07, 6.45) is 0.843. The second kappa shape index (κ2) is 6.36. The Labute approximate surface area is 109 Å². The van der Waals surface area contributed by atoms with Crippen LogP contribution in [0.2, 0.25) is 0 Å². The van der Waals surface area contributed by atoms with Gasteiger partial charge >= 0.3 is 0 Å². The Morgan fingerprint density at radius 2 is 2.11 bits per heavy atom. The number of pyridine rings is 1. The maximum atomic E-state index is 9.37. The Balaban J connectivity index is 2.99. The summed E-state index contributed by atoms with van der Waals surface area (Å²) in [5, 5.41) is 21.7. The molecule has 18 heavy (non-hydrogen) atoms. The van der Waals surface area contributed by atoms with Crippen molar-refractivity contribution in [1.82, 2.24) is 4.98 Å². The molecule has 1 aromatic rings. The van der Waals surface area contributed by atoms with Crippen LogP contribution in [0.1, 0.15) is 37.1 Å². The van der Waals surface area contributed by atoms with E-state index in [1.54, 1.807) is 0 Å². The normalized spacial score (nSPS) is 12.3. The van der Waals surface area contributed by atoms with Crippen molar-refractivity contribution in [2.75, 3.05) is 11.9 Å². The highest BCUT2D eigenvalue weighted by Gasteiger charge is 2.14. The number of nitrogens with one attached hydrogen (secondary N) is 1. The number of hydrogen-bond donors (Lipinski definition) is 2. The molecule has 1 heterocycles. The minimum absolute atomic E-state index is 0.0394. The molecular weight excluding hydrogens is 226 g/mol. The van der Waals surface area contributed by atoms with Crippen LogP contribution in [0.15, 0.2) is 6.07 Å². The second-order valence-corrected chi connectivity index (χ2v) is 5.07. The van der Waals surface area contributed by atoms with Crippen LogP contribution in [-0.2, 0) is 0 Å². The summed E-state index contributed by atoms with van der Waals surface area (Å²) in [4.78, 5) is 4.36. The Hall–Kier alpha value is -1.60. The molecule has 0 aliphatic heterocycles. The molecule has 98 valence electrons. The first-order valence-corrected chi connectivity index (χ1v) is 6.23. The summed E-state index contributed by atoms with van der Waals surface area (Å²) in [6, 6.07) is 3.99. The Morgan fingerprint density at radius 3 is 2.61 bits per heavy atom. The van der Waals surface area contributed by atoms with Gasteiger partial charge in [0.15, 0.2) is 0 Å². The molecule has 0 spiro atoms. The predicted octanol–water partition coefficient (Wildman–Crippen LogP) is 2.39. The van der Waals surface area contributed by atoms with E-state index in [1.807, 2.05) is 19.9 Å². The number of aliphatic hydroxyl groups excluding tert-OH is 1. The summed E-state index contributed by atoms with van der Waals surface area (Å²) < 4.78 is 0. The lowest BCUT2D eigenvalue weighted by Gasteiger charge is -2.20. The minimum Gasteiger partial charge on any atom is -0.394 e. The van der Waals surface area contributed by atoms with Crippen LogP contribution in [0, 0.1) is 31.1 Å². The fraction of sp³-hybridized carbons (Fsp3) is 0.571. The fourth-order valence-electron chi connectivity index (χ4n) is 2.02. The molecule has 0 bridgehead atoms. The third-order valence-electron chi connectivity index (χ3n) is 2.77. The van der Waals surface area contributed by atoms with Crippen molar-refractivity contribution in [1.29, 1.82) is 5.26 Å². The monoisotopic (exact) mass is 247 g/mol. The van der Waals surface area contributed by atoms with Crippen LogP contribution in [-0.4, -0.2) is 22.7 Å². The van der Waals surface area contributed by atoms with E-state index in [4.69, 9.17) is 5.26 Å². The standard InChI is InChI=1S/C14H21N3O/c1-9(2)5-12(8-18)17-14-13(7-15)10(3)6-11(4)16-14/h6,9,12,18H,5,8H2,1-4H3,(H,16,17). The molecular formula is C14H21N3O. The zero-order valence-electron chi connectivity index (χ0n) is 11.5. The first kappa shape index (κ1) is 14.5. The van der Waals surface area contributed by atoms with Gasteiger partial charge in [-0.2, -0.15) is 5.26 Å². The number of nitrogens with zero attached hydrogens (tertiary/aromatic N) is 2. The number of aromatic nitrogens is 1. The topological polar surface area (TPSA) is 68.9 Å². The minimum atomic E-state index is -0.0641. The summed E-state index contributed by atoms with van der Waals surface area (Å²) in [7, 11) is 0. The molecule has 0 radical (unpaired) electrons. The van der Waals surface area contributed by atoms with Gasteiger partial charge in [0, 0.05) is 5.69 Å². The number of hydrogen-bond acceptors (Lipinski definition) is 4. The second-order valence-electron chi connectivity index (χ2n) is 5.07. The van der Waals surface area contributed by atoms with Crippen molar-refractivity contribution >= 4 is 5.82 Å². The zero-order chi connectivity index (χ0) is 13.7. The lowest BCUT2D eigenvalue weighted by atomic mass is 10.0. The molecule has 1 atom stereocenters. The Bertz CT molecular complexity index is 449. The van der Waals surface area contributed by atoms with E-state index in [1.165, 1.54) is 0 Å². The maximum Gasteiger partial charge on any atom is 0.144 e. The Kier molecular flexibility index (Phi) is 5.11. The number of aryl methyl sites for hydroxylation is 2. The van der Waals surface area contributed by atoms with Crippen molar-refractivity contribution in [3.63, 3.8) is 0 Å².